The van der Waals surface area contributed by atoms with Crippen molar-refractivity contribution in [3.05, 3.63) is 46.8 Å². The van der Waals surface area contributed by atoms with Crippen molar-refractivity contribution in [2.24, 2.45) is 11.3 Å². The lowest BCUT2D eigenvalue weighted by Gasteiger charge is -2.43. The van der Waals surface area contributed by atoms with Crippen LogP contribution in [0, 0.1) is 29.6 Å². The van der Waals surface area contributed by atoms with Gasteiger partial charge in [0.15, 0.2) is 5.69 Å². The van der Waals surface area contributed by atoms with Crippen LogP contribution in [0.2, 0.25) is 0 Å². The molecular formula is C23H25F3N4O3. The second kappa shape index (κ2) is 8.71. The molecule has 0 spiro atoms. The maximum Gasteiger partial charge on any atom is 0.417 e. The smallest absolute Gasteiger partial charge is 0.381 e. The lowest BCUT2D eigenvalue weighted by molar-refractivity contribution is -0.137. The largest absolute Gasteiger partial charge is 0.417 e. The van der Waals surface area contributed by atoms with E-state index < -0.39 is 22.7 Å². The molecule has 1 aromatic heterocycles. The first-order valence-electron chi connectivity index (χ1n) is 10.8. The summed E-state index contributed by atoms with van der Waals surface area (Å²) in [5.41, 5.74) is -1.10. The Bertz CT molecular complexity index is 1080. The van der Waals surface area contributed by atoms with E-state index in [0.29, 0.717) is 57.3 Å². The van der Waals surface area contributed by atoms with Gasteiger partial charge in [0.2, 0.25) is 0 Å². The maximum absolute atomic E-state index is 13.5. The molecule has 2 fully saturated rings. The molecule has 10 heteroatoms. The van der Waals surface area contributed by atoms with Crippen LogP contribution in [0.4, 0.5) is 18.9 Å². The highest BCUT2D eigenvalue weighted by molar-refractivity contribution is 5.92. The maximum atomic E-state index is 13.5. The number of hydrogen-bond donors (Lipinski definition) is 0. The molecule has 0 bridgehead atoms. The highest BCUT2D eigenvalue weighted by Crippen LogP contribution is 2.45. The van der Waals surface area contributed by atoms with Crippen molar-refractivity contribution >= 4 is 11.6 Å². The van der Waals surface area contributed by atoms with Crippen molar-refractivity contribution in [2.75, 3.05) is 44.3 Å². The van der Waals surface area contributed by atoms with Gasteiger partial charge in [-0.2, -0.15) is 18.4 Å². The van der Waals surface area contributed by atoms with Gasteiger partial charge in [-0.25, -0.2) is 0 Å². The van der Waals surface area contributed by atoms with Crippen molar-refractivity contribution < 1.29 is 27.2 Å². The number of carbonyl (C=O) groups is 1. The number of amides is 1. The number of nitriles is 1. The van der Waals surface area contributed by atoms with Gasteiger partial charge in [-0.1, -0.05) is 5.16 Å². The minimum atomic E-state index is -4.62. The van der Waals surface area contributed by atoms with Crippen LogP contribution in [0.5, 0.6) is 0 Å². The van der Waals surface area contributed by atoms with E-state index in [1.165, 1.54) is 6.07 Å². The van der Waals surface area contributed by atoms with Crippen LogP contribution in [0.25, 0.3) is 0 Å². The molecule has 0 saturated carbocycles. The van der Waals surface area contributed by atoms with E-state index in [-0.39, 0.29) is 17.5 Å². The van der Waals surface area contributed by atoms with E-state index in [4.69, 9.17) is 14.5 Å². The molecule has 0 unspecified atom stereocenters. The van der Waals surface area contributed by atoms with Crippen LogP contribution in [-0.4, -0.2) is 55.4 Å². The van der Waals surface area contributed by atoms with Gasteiger partial charge in [-0.15, -0.1) is 0 Å². The zero-order chi connectivity index (χ0) is 23.8. The van der Waals surface area contributed by atoms with Crippen LogP contribution in [0.3, 0.4) is 0 Å². The molecule has 0 aliphatic carbocycles. The van der Waals surface area contributed by atoms with Gasteiger partial charge in [-0.3, -0.25) is 4.79 Å². The SMILES string of the molecule is CCOC[C@]12CN(C(=O)c3cc(C)on3)CC[C@H]1CN(c1ccc(C#N)c(C(F)(F)F)c1)C2. The highest BCUT2D eigenvalue weighted by Gasteiger charge is 2.51. The van der Waals surface area contributed by atoms with E-state index in [1.54, 1.807) is 30.0 Å². The molecule has 7 nitrogen and oxygen atoms in total. The molecule has 176 valence electrons. The Labute approximate surface area is 189 Å². The average Bonchev–Trinajstić information content (AvgIpc) is 3.39. The van der Waals surface area contributed by atoms with Crippen molar-refractivity contribution in [2.45, 2.75) is 26.4 Å². The van der Waals surface area contributed by atoms with Gasteiger partial charge in [0.05, 0.1) is 23.8 Å². The quantitative estimate of drug-likeness (QED) is 0.671. The fraction of sp³-hybridized carbons (Fsp3) is 0.522. The number of likely N-dealkylation sites (tertiary alicyclic amines) is 1. The summed E-state index contributed by atoms with van der Waals surface area (Å²) in [7, 11) is 0. The number of alkyl halides is 3. The number of fused-ring (bicyclic) bond motifs is 1. The second-order valence-electron chi connectivity index (χ2n) is 8.75. The standard InChI is InChI=1S/C23H25F3N4O3/c1-3-32-14-22-12-29(21(31)20-8-15(2)33-28-20)7-6-17(22)11-30(13-22)18-5-4-16(10-27)19(9-18)23(24,25)26/h4-5,8-9,17H,3,6-7,11-14H2,1-2H3/t17-,22+/m0/s1. The van der Waals surface area contributed by atoms with E-state index >= 15 is 0 Å². The van der Waals surface area contributed by atoms with Crippen molar-refractivity contribution in [1.82, 2.24) is 10.1 Å². The monoisotopic (exact) mass is 462 g/mol. The molecule has 2 aliphatic heterocycles. The molecule has 3 heterocycles. The fourth-order valence-electron chi connectivity index (χ4n) is 4.96. The van der Waals surface area contributed by atoms with Crippen molar-refractivity contribution in [3.63, 3.8) is 0 Å². The normalized spacial score (nSPS) is 22.8. The first-order valence-corrected chi connectivity index (χ1v) is 10.8. The number of carbonyl (C=O) groups excluding carboxylic acids is 1. The summed E-state index contributed by atoms with van der Waals surface area (Å²) in [5.74, 6) is 0.472. The molecule has 2 aromatic rings. The summed E-state index contributed by atoms with van der Waals surface area (Å²) in [6, 6.07) is 7.05. The number of ether oxygens (including phenoxy) is 1. The molecule has 2 atom stereocenters. The number of aromatic nitrogens is 1. The summed E-state index contributed by atoms with van der Waals surface area (Å²) >= 11 is 0. The molecule has 33 heavy (non-hydrogen) atoms. The minimum absolute atomic E-state index is 0.150. The Morgan fingerprint density at radius 3 is 2.79 bits per heavy atom. The van der Waals surface area contributed by atoms with Crippen LogP contribution in [0.15, 0.2) is 28.8 Å². The summed E-state index contributed by atoms with van der Waals surface area (Å²) in [4.78, 5) is 16.6. The molecule has 1 amide bonds. The molecule has 0 N–H and O–H groups in total. The number of halogens is 3. The third-order valence-corrected chi connectivity index (χ3v) is 6.59. The van der Waals surface area contributed by atoms with Crippen molar-refractivity contribution in [3.8, 4) is 6.07 Å². The van der Waals surface area contributed by atoms with Crippen LogP contribution < -0.4 is 4.90 Å². The molecule has 2 aliphatic rings. The van der Waals surface area contributed by atoms with E-state index in [1.807, 2.05) is 11.8 Å². The topological polar surface area (TPSA) is 82.6 Å². The predicted molar refractivity (Wildman–Crippen MR) is 113 cm³/mol. The third kappa shape index (κ3) is 4.42. The van der Waals surface area contributed by atoms with Gasteiger partial charge in [0.25, 0.3) is 5.91 Å². The molecular weight excluding hydrogens is 437 g/mol. The lowest BCUT2D eigenvalue weighted by atomic mass is 9.74. The van der Waals surface area contributed by atoms with Crippen LogP contribution in [0.1, 0.15) is 40.7 Å². The minimum Gasteiger partial charge on any atom is -0.381 e. The zero-order valence-corrected chi connectivity index (χ0v) is 18.5. The van der Waals surface area contributed by atoms with E-state index in [0.717, 1.165) is 6.07 Å². The summed E-state index contributed by atoms with van der Waals surface area (Å²) in [6.45, 7) is 6.45. The summed E-state index contributed by atoms with van der Waals surface area (Å²) < 4.78 is 51.3. The van der Waals surface area contributed by atoms with Crippen molar-refractivity contribution in [1.29, 1.82) is 5.26 Å². The van der Waals surface area contributed by atoms with Gasteiger partial charge < -0.3 is 19.1 Å². The first kappa shape index (κ1) is 23.1. The molecule has 4 rings (SSSR count). The molecule has 1 aromatic carbocycles. The van der Waals surface area contributed by atoms with E-state index in [9.17, 15) is 18.0 Å². The number of nitrogens with zero attached hydrogens (tertiary/aromatic N) is 4. The average molecular weight is 462 g/mol. The third-order valence-electron chi connectivity index (χ3n) is 6.59. The molecule has 2 saturated heterocycles. The Balaban J connectivity index is 1.61. The number of anilines is 1. The Hall–Kier alpha value is -3.06. The predicted octanol–water partition coefficient (Wildman–Crippen LogP) is 3.88. The highest BCUT2D eigenvalue weighted by atomic mass is 19.4. The lowest BCUT2D eigenvalue weighted by Crippen LogP contribution is -2.53. The number of aryl methyl sites for hydroxylation is 1. The van der Waals surface area contributed by atoms with Gasteiger partial charge in [-0.05, 0) is 44.4 Å². The van der Waals surface area contributed by atoms with Crippen LogP contribution >= 0.6 is 0 Å². The summed E-state index contributed by atoms with van der Waals surface area (Å²) in [5, 5.41) is 12.9. The molecule has 0 radical (unpaired) electrons. The Kier molecular flexibility index (Phi) is 6.10. The van der Waals surface area contributed by atoms with Crippen LogP contribution in [-0.2, 0) is 10.9 Å². The second-order valence-corrected chi connectivity index (χ2v) is 8.75. The Morgan fingerprint density at radius 2 is 2.15 bits per heavy atom. The Morgan fingerprint density at radius 1 is 1.36 bits per heavy atom. The van der Waals surface area contributed by atoms with Gasteiger partial charge in [0.1, 0.15) is 5.76 Å². The zero-order valence-electron chi connectivity index (χ0n) is 18.5. The number of piperidine rings is 1. The number of hydrogen-bond acceptors (Lipinski definition) is 6. The summed E-state index contributed by atoms with van der Waals surface area (Å²) in [6.07, 6.45) is -3.91. The first-order chi connectivity index (χ1) is 15.7. The fourth-order valence-corrected chi connectivity index (χ4v) is 4.96. The van der Waals surface area contributed by atoms with E-state index in [2.05, 4.69) is 5.16 Å². The number of benzene rings is 1. The van der Waals surface area contributed by atoms with Gasteiger partial charge in [0, 0.05) is 50.0 Å². The number of rotatable bonds is 5. The van der Waals surface area contributed by atoms with Gasteiger partial charge >= 0.3 is 6.18 Å².